The van der Waals surface area contributed by atoms with Crippen LogP contribution in [0.4, 0.5) is 0 Å². The van der Waals surface area contributed by atoms with E-state index < -0.39 is 42.4 Å². The largest absolute Gasteiger partial charge is 0.492 e. The fraction of sp³-hybridized carbons (Fsp3) is 0.450. The molecular formula is C20H21Cl2N3O6S. The Hall–Kier alpha value is -1.82. The van der Waals surface area contributed by atoms with Crippen LogP contribution in [0.1, 0.15) is 30.5 Å². The second-order valence-corrected chi connectivity index (χ2v) is 9.53. The molecule has 1 aromatic carbocycles. The van der Waals surface area contributed by atoms with E-state index in [0.29, 0.717) is 20.9 Å². The van der Waals surface area contributed by atoms with Crippen molar-refractivity contribution in [3.05, 3.63) is 52.5 Å². The molecule has 12 heteroatoms. The van der Waals surface area contributed by atoms with Crippen LogP contribution in [0.5, 0.6) is 0 Å². The minimum Gasteiger partial charge on any atom is -0.492 e. The summed E-state index contributed by atoms with van der Waals surface area (Å²) in [6.45, 7) is -0.433. The number of aromatic nitrogens is 3. The van der Waals surface area contributed by atoms with Crippen molar-refractivity contribution in [3.8, 4) is 0 Å². The number of hydrogen-bond donors (Lipinski definition) is 3. The van der Waals surface area contributed by atoms with Gasteiger partial charge in [-0.25, -0.2) is 9.48 Å². The molecule has 0 spiro atoms. The van der Waals surface area contributed by atoms with Crippen LogP contribution in [0.15, 0.2) is 41.6 Å². The van der Waals surface area contributed by atoms with Gasteiger partial charge in [0.2, 0.25) is 0 Å². The molecule has 0 unspecified atom stereocenters. The topological polar surface area (TPSA) is 127 Å². The van der Waals surface area contributed by atoms with Gasteiger partial charge >= 0.3 is 5.97 Å². The normalized spacial score (nSPS) is 28.2. The number of thioether (sulfide) groups is 1. The molecule has 32 heavy (non-hydrogen) atoms. The molecule has 2 fully saturated rings. The number of hydrogen-bond acceptors (Lipinski definition) is 8. The van der Waals surface area contributed by atoms with Gasteiger partial charge in [-0.1, -0.05) is 40.2 Å². The summed E-state index contributed by atoms with van der Waals surface area (Å²) in [4.78, 5) is 11.7. The number of aliphatic hydroxyl groups is 2. The number of ether oxygens (including phenoxy) is 2. The molecule has 3 N–H and O–H groups in total. The van der Waals surface area contributed by atoms with E-state index in [1.54, 1.807) is 24.4 Å². The second kappa shape index (κ2) is 9.98. The molecule has 1 aliphatic heterocycles. The number of aliphatic carboxylic acids is 1. The van der Waals surface area contributed by atoms with E-state index >= 15 is 0 Å². The predicted octanol–water partition coefficient (Wildman–Crippen LogP) is 2.86. The smallest absolute Gasteiger partial charge is 0.331 e. The second-order valence-electron chi connectivity index (χ2n) is 7.54. The molecule has 4 rings (SSSR count). The molecule has 1 aliphatic carbocycles. The number of carboxylic acids is 1. The molecule has 2 aromatic rings. The highest BCUT2D eigenvalue weighted by molar-refractivity contribution is 7.99. The van der Waals surface area contributed by atoms with Crippen molar-refractivity contribution in [1.82, 2.24) is 15.0 Å². The Labute approximate surface area is 197 Å². The van der Waals surface area contributed by atoms with Gasteiger partial charge in [0, 0.05) is 17.0 Å². The van der Waals surface area contributed by atoms with Crippen molar-refractivity contribution in [2.75, 3.05) is 6.61 Å². The van der Waals surface area contributed by atoms with Gasteiger partial charge in [-0.15, -0.1) is 5.10 Å². The summed E-state index contributed by atoms with van der Waals surface area (Å²) >= 11 is 13.4. The molecule has 0 radical (unpaired) electrons. The standard InChI is InChI=1S/C20H21Cl2N3O6S/c21-12-4-3-11(7-13(12)22)32-20-19(30-6-5-16(27)28)17(18(29)15(9-26)31-20)25-8-14(23-24-25)10-1-2-10/h3-8,10,15,17-20,26,29H,1-2,9H2,(H,27,28)/b6-5+/t15-,17+,18+,19-,20-/m1/s1. The third kappa shape index (κ3) is 5.22. The average molecular weight is 502 g/mol. The van der Waals surface area contributed by atoms with Crippen LogP contribution in [-0.4, -0.2) is 66.6 Å². The molecule has 2 aliphatic rings. The Balaban J connectivity index is 1.67. The summed E-state index contributed by atoms with van der Waals surface area (Å²) in [6, 6.07) is 4.27. The van der Waals surface area contributed by atoms with Crippen LogP contribution in [0, 0.1) is 0 Å². The quantitative estimate of drug-likeness (QED) is 0.369. The zero-order chi connectivity index (χ0) is 22.8. The molecule has 9 nitrogen and oxygen atoms in total. The summed E-state index contributed by atoms with van der Waals surface area (Å²) in [5.74, 6) is -0.834. The maximum Gasteiger partial charge on any atom is 0.331 e. The Bertz CT molecular complexity index is 1000. The Morgan fingerprint density at radius 1 is 1.34 bits per heavy atom. The van der Waals surface area contributed by atoms with Gasteiger partial charge < -0.3 is 24.8 Å². The van der Waals surface area contributed by atoms with Crippen LogP contribution in [0.2, 0.25) is 10.0 Å². The number of rotatable bonds is 8. The number of carboxylic acid groups (broad SMARTS) is 1. The van der Waals surface area contributed by atoms with Crippen LogP contribution in [0.25, 0.3) is 0 Å². The van der Waals surface area contributed by atoms with E-state index in [1.807, 2.05) is 0 Å². The van der Waals surface area contributed by atoms with E-state index in [4.69, 9.17) is 37.8 Å². The summed E-state index contributed by atoms with van der Waals surface area (Å²) in [5.41, 5.74) is 0.0718. The third-order valence-electron chi connectivity index (χ3n) is 5.24. The average Bonchev–Trinajstić information content (AvgIpc) is 3.50. The fourth-order valence-corrected chi connectivity index (χ4v) is 5.00. The first-order valence-corrected chi connectivity index (χ1v) is 11.5. The number of benzene rings is 1. The van der Waals surface area contributed by atoms with Crippen molar-refractivity contribution < 1.29 is 29.6 Å². The number of halogens is 2. The lowest BCUT2D eigenvalue weighted by atomic mass is 9.97. The SMILES string of the molecule is O=C(O)/C=C/O[C@@H]1[C@@H](n2cc(C3CC3)nn2)[C@@H](O)[C@@H](CO)O[C@@H]1Sc1ccc(Cl)c(Cl)c1. The Morgan fingerprint density at radius 3 is 2.78 bits per heavy atom. The predicted molar refractivity (Wildman–Crippen MR) is 117 cm³/mol. The van der Waals surface area contributed by atoms with Crippen LogP contribution in [-0.2, 0) is 14.3 Å². The Kier molecular flexibility index (Phi) is 7.28. The zero-order valence-electron chi connectivity index (χ0n) is 16.6. The minimum atomic E-state index is -1.18. The molecular weight excluding hydrogens is 481 g/mol. The van der Waals surface area contributed by atoms with Crippen molar-refractivity contribution in [2.45, 2.75) is 53.4 Å². The third-order valence-corrected chi connectivity index (χ3v) is 7.12. The molecule has 1 saturated carbocycles. The van der Waals surface area contributed by atoms with E-state index in [2.05, 4.69) is 10.3 Å². The van der Waals surface area contributed by atoms with E-state index in [-0.39, 0.29) is 0 Å². The molecule has 1 aromatic heterocycles. The van der Waals surface area contributed by atoms with Crippen LogP contribution in [0.3, 0.4) is 0 Å². The summed E-state index contributed by atoms with van der Waals surface area (Å²) < 4.78 is 13.2. The van der Waals surface area contributed by atoms with Crippen molar-refractivity contribution >= 4 is 40.9 Å². The first kappa shape index (κ1) is 23.3. The van der Waals surface area contributed by atoms with Crippen molar-refractivity contribution in [1.29, 1.82) is 0 Å². The molecule has 0 bridgehead atoms. The van der Waals surface area contributed by atoms with E-state index in [1.165, 1.54) is 16.4 Å². The van der Waals surface area contributed by atoms with Crippen LogP contribution < -0.4 is 0 Å². The molecule has 5 atom stereocenters. The number of carbonyl (C=O) groups is 1. The first-order chi connectivity index (χ1) is 15.4. The summed E-state index contributed by atoms with van der Waals surface area (Å²) in [5, 5.41) is 38.9. The van der Waals surface area contributed by atoms with Crippen molar-refractivity contribution in [3.63, 3.8) is 0 Å². The van der Waals surface area contributed by atoms with E-state index in [9.17, 15) is 15.0 Å². The fourth-order valence-electron chi connectivity index (χ4n) is 3.48. The highest BCUT2D eigenvalue weighted by Crippen LogP contribution is 2.42. The maximum atomic E-state index is 10.9. The van der Waals surface area contributed by atoms with Crippen molar-refractivity contribution in [2.24, 2.45) is 0 Å². The molecule has 172 valence electrons. The highest BCUT2D eigenvalue weighted by Gasteiger charge is 2.48. The highest BCUT2D eigenvalue weighted by atomic mass is 35.5. The van der Waals surface area contributed by atoms with Gasteiger partial charge in [0.1, 0.15) is 23.7 Å². The Morgan fingerprint density at radius 2 is 2.12 bits per heavy atom. The number of nitrogens with zero attached hydrogens (tertiary/aromatic N) is 3. The first-order valence-electron chi connectivity index (χ1n) is 9.90. The lowest BCUT2D eigenvalue weighted by Gasteiger charge is -2.43. The molecule has 1 saturated heterocycles. The maximum absolute atomic E-state index is 10.9. The van der Waals surface area contributed by atoms with Gasteiger partial charge in [-0.3, -0.25) is 0 Å². The zero-order valence-corrected chi connectivity index (χ0v) is 19.0. The number of aliphatic hydroxyl groups excluding tert-OH is 2. The van der Waals surface area contributed by atoms with Gasteiger partial charge in [-0.05, 0) is 31.0 Å². The minimum absolute atomic E-state index is 0.349. The van der Waals surface area contributed by atoms with Gasteiger partial charge in [0.15, 0.2) is 6.10 Å². The molecule has 2 heterocycles. The van der Waals surface area contributed by atoms with Gasteiger partial charge in [0.05, 0.1) is 34.7 Å². The van der Waals surface area contributed by atoms with Gasteiger partial charge in [0.25, 0.3) is 0 Å². The lowest BCUT2D eigenvalue weighted by Crippen LogP contribution is -2.55. The monoisotopic (exact) mass is 501 g/mol. The summed E-state index contributed by atoms with van der Waals surface area (Å²) in [7, 11) is 0. The van der Waals surface area contributed by atoms with Crippen LogP contribution >= 0.6 is 35.0 Å². The van der Waals surface area contributed by atoms with Gasteiger partial charge in [-0.2, -0.15) is 0 Å². The molecule has 0 amide bonds. The summed E-state index contributed by atoms with van der Waals surface area (Å²) in [6.07, 6.45) is 2.74. The van der Waals surface area contributed by atoms with E-state index in [0.717, 1.165) is 30.9 Å². The lowest BCUT2D eigenvalue weighted by molar-refractivity contribution is -0.180.